The van der Waals surface area contributed by atoms with E-state index in [9.17, 15) is 0 Å². The molecule has 2 aromatic carbocycles. The highest BCUT2D eigenvalue weighted by Gasteiger charge is 2.14. The van der Waals surface area contributed by atoms with Gasteiger partial charge in [-0.15, -0.1) is 11.3 Å². The quantitative estimate of drug-likeness (QED) is 0.211. The Morgan fingerprint density at radius 1 is 1.03 bits per heavy atom. The van der Waals surface area contributed by atoms with E-state index in [1.807, 2.05) is 57.6 Å². The molecule has 0 radical (unpaired) electrons. The molecule has 0 spiro atoms. The van der Waals surface area contributed by atoms with Gasteiger partial charge < -0.3 is 19.6 Å². The fraction of sp³-hybridized carbons (Fsp3) is 0.167. The Bertz CT molecular complexity index is 1710. The molecule has 0 fully saturated rings. The van der Waals surface area contributed by atoms with Crippen LogP contribution in [0.1, 0.15) is 28.1 Å². The fourth-order valence-electron chi connectivity index (χ4n) is 4.39. The van der Waals surface area contributed by atoms with Gasteiger partial charge in [-0.1, -0.05) is 24.3 Å². The molecule has 38 heavy (non-hydrogen) atoms. The van der Waals surface area contributed by atoms with Crippen LogP contribution in [0, 0.1) is 6.92 Å². The summed E-state index contributed by atoms with van der Waals surface area (Å²) in [6.45, 7) is 6.87. The van der Waals surface area contributed by atoms with E-state index < -0.39 is 0 Å². The third-order valence-electron chi connectivity index (χ3n) is 6.23. The fourth-order valence-corrected chi connectivity index (χ4v) is 5.40. The number of aromatic amines is 1. The summed E-state index contributed by atoms with van der Waals surface area (Å²) in [5.74, 6) is 2.43. The summed E-state index contributed by atoms with van der Waals surface area (Å²) in [5, 5.41) is 4.38. The van der Waals surface area contributed by atoms with E-state index in [1.54, 1.807) is 11.3 Å². The number of benzene rings is 2. The number of fused-ring (bicyclic) bond motifs is 1. The number of H-pyrrole nitrogens is 1. The number of hydrogen-bond acceptors (Lipinski definition) is 6. The van der Waals surface area contributed by atoms with Gasteiger partial charge in [0.25, 0.3) is 0 Å². The van der Waals surface area contributed by atoms with Crippen LogP contribution in [0.2, 0.25) is 0 Å². The Hall–Kier alpha value is -4.43. The molecule has 0 saturated heterocycles. The topological polar surface area (TPSA) is 80.6 Å². The predicted molar refractivity (Wildman–Crippen MR) is 158 cm³/mol. The highest BCUT2D eigenvalue weighted by Crippen LogP contribution is 2.38. The molecular formula is C30H32N6OS. The van der Waals surface area contributed by atoms with Crippen molar-refractivity contribution < 1.29 is 7.59 Å². The number of ether oxygens (including phenoxy) is 1. The molecule has 194 valence electrons. The van der Waals surface area contributed by atoms with Crippen LogP contribution < -0.4 is 10.1 Å². The minimum atomic E-state index is 0. The van der Waals surface area contributed by atoms with Gasteiger partial charge in [-0.2, -0.15) is 4.98 Å². The third-order valence-corrected chi connectivity index (χ3v) is 7.37. The van der Waals surface area contributed by atoms with Crippen LogP contribution in [-0.2, 0) is 6.54 Å². The van der Waals surface area contributed by atoms with Crippen molar-refractivity contribution in [2.75, 3.05) is 5.32 Å². The van der Waals surface area contributed by atoms with Crippen LogP contribution in [0.5, 0.6) is 5.75 Å². The number of imidazole rings is 1. The smallest absolute Gasteiger partial charge is 0.229 e. The van der Waals surface area contributed by atoms with Gasteiger partial charge in [0.1, 0.15) is 17.2 Å². The van der Waals surface area contributed by atoms with Crippen molar-refractivity contribution in [3.8, 4) is 26.8 Å². The van der Waals surface area contributed by atoms with Crippen LogP contribution in [-0.4, -0.2) is 30.6 Å². The molecule has 4 heterocycles. The van der Waals surface area contributed by atoms with Crippen molar-refractivity contribution in [1.82, 2.24) is 24.5 Å². The Morgan fingerprint density at radius 2 is 1.87 bits per heavy atom. The average molecular weight is 525 g/mol. The summed E-state index contributed by atoms with van der Waals surface area (Å²) in [4.78, 5) is 19.4. The van der Waals surface area contributed by atoms with E-state index in [1.165, 1.54) is 5.56 Å². The van der Waals surface area contributed by atoms with E-state index in [4.69, 9.17) is 14.7 Å². The first-order valence-electron chi connectivity index (χ1n) is 12.6. The molecule has 0 atom stereocenters. The number of nitrogens with zero attached hydrogens (tertiary/aromatic N) is 4. The standard InChI is InChI=1S/C30H28N6OS.2H2/c1-19(2)37-24-6-4-5-22(17-24)26-11-12-27(38-26)28-25-13-14-32-29(25)35-30(34-28)33-23-9-7-21(8-10-23)18-36-16-15-31-20(36)3;;/h4-17,19H,18H2,1-3H3,(H2,32,33,34,35);2*1H. The first kappa shape index (κ1) is 23.9. The molecule has 0 bridgehead atoms. The molecule has 8 heteroatoms. The number of nitrogens with one attached hydrogen (secondary N) is 2. The van der Waals surface area contributed by atoms with Gasteiger partial charge in [-0.05, 0) is 74.4 Å². The Balaban J connectivity index is 0.00000185. The minimum Gasteiger partial charge on any atom is -0.491 e. The molecule has 0 aliphatic rings. The summed E-state index contributed by atoms with van der Waals surface area (Å²) in [7, 11) is 0. The maximum Gasteiger partial charge on any atom is 0.229 e. The molecule has 6 aromatic rings. The summed E-state index contributed by atoms with van der Waals surface area (Å²) < 4.78 is 8.02. The predicted octanol–water partition coefficient (Wildman–Crippen LogP) is 7.93. The first-order valence-corrected chi connectivity index (χ1v) is 13.4. The number of aryl methyl sites for hydroxylation is 1. The monoisotopic (exact) mass is 524 g/mol. The normalized spacial score (nSPS) is 11.4. The summed E-state index contributed by atoms with van der Waals surface area (Å²) in [5.41, 5.74) is 4.96. The second-order valence-corrected chi connectivity index (χ2v) is 10.5. The zero-order chi connectivity index (χ0) is 26.1. The zero-order valence-electron chi connectivity index (χ0n) is 21.5. The van der Waals surface area contributed by atoms with Crippen molar-refractivity contribution in [3.05, 3.63) is 96.7 Å². The van der Waals surface area contributed by atoms with Crippen LogP contribution >= 0.6 is 11.3 Å². The van der Waals surface area contributed by atoms with E-state index in [0.29, 0.717) is 5.95 Å². The molecule has 0 aliphatic heterocycles. The number of rotatable bonds is 8. The number of anilines is 2. The molecule has 0 saturated carbocycles. The molecule has 0 amide bonds. The van der Waals surface area contributed by atoms with E-state index in [-0.39, 0.29) is 8.96 Å². The molecule has 2 N–H and O–H groups in total. The van der Waals surface area contributed by atoms with E-state index in [2.05, 4.69) is 68.4 Å². The number of aromatic nitrogens is 5. The SMILES string of the molecule is Cc1nccn1Cc1ccc(Nc2nc(-c3ccc(-c4cccc(OC(C)C)c4)s3)c3cc[nH]c3n2)cc1.[HH].[HH]. The largest absolute Gasteiger partial charge is 0.491 e. The van der Waals surface area contributed by atoms with Gasteiger partial charge in [0.15, 0.2) is 0 Å². The van der Waals surface area contributed by atoms with Gasteiger partial charge in [0.2, 0.25) is 5.95 Å². The molecular weight excluding hydrogens is 492 g/mol. The van der Waals surface area contributed by atoms with E-state index in [0.717, 1.165) is 55.9 Å². The highest BCUT2D eigenvalue weighted by atomic mass is 32.1. The van der Waals surface area contributed by atoms with Crippen molar-refractivity contribution in [3.63, 3.8) is 0 Å². The molecule has 7 nitrogen and oxygen atoms in total. The number of hydrogen-bond donors (Lipinski definition) is 2. The van der Waals surface area contributed by atoms with Crippen molar-refractivity contribution in [2.45, 2.75) is 33.4 Å². The zero-order valence-corrected chi connectivity index (χ0v) is 22.3. The van der Waals surface area contributed by atoms with Crippen LogP contribution in [0.4, 0.5) is 11.6 Å². The highest BCUT2D eigenvalue weighted by molar-refractivity contribution is 7.18. The number of thiophene rings is 1. The average Bonchev–Trinajstić information content (AvgIpc) is 3.66. The lowest BCUT2D eigenvalue weighted by molar-refractivity contribution is 0.242. The second-order valence-electron chi connectivity index (χ2n) is 9.42. The Morgan fingerprint density at radius 3 is 2.66 bits per heavy atom. The third kappa shape index (κ3) is 5.03. The van der Waals surface area contributed by atoms with Crippen LogP contribution in [0.3, 0.4) is 0 Å². The first-order chi connectivity index (χ1) is 18.5. The van der Waals surface area contributed by atoms with Gasteiger partial charge in [-0.3, -0.25) is 0 Å². The van der Waals surface area contributed by atoms with Gasteiger partial charge >= 0.3 is 0 Å². The van der Waals surface area contributed by atoms with Crippen molar-refractivity contribution in [1.29, 1.82) is 0 Å². The van der Waals surface area contributed by atoms with Crippen molar-refractivity contribution >= 4 is 34.0 Å². The van der Waals surface area contributed by atoms with Crippen LogP contribution in [0.15, 0.2) is 85.3 Å². The van der Waals surface area contributed by atoms with Gasteiger partial charge in [0, 0.05) is 43.9 Å². The summed E-state index contributed by atoms with van der Waals surface area (Å²) in [6.07, 6.45) is 5.86. The van der Waals surface area contributed by atoms with Gasteiger partial charge in [0.05, 0.1) is 16.7 Å². The summed E-state index contributed by atoms with van der Waals surface area (Å²) >= 11 is 1.71. The van der Waals surface area contributed by atoms with Gasteiger partial charge in [-0.25, -0.2) is 9.97 Å². The maximum atomic E-state index is 5.89. The Kier molecular flexibility index (Phi) is 6.39. The Labute approximate surface area is 228 Å². The lowest BCUT2D eigenvalue weighted by Gasteiger charge is -2.10. The molecule has 6 rings (SSSR count). The molecule has 0 aliphatic carbocycles. The minimum absolute atomic E-state index is 0. The van der Waals surface area contributed by atoms with E-state index >= 15 is 0 Å². The summed E-state index contributed by atoms with van der Waals surface area (Å²) in [6, 6.07) is 22.9. The molecule has 4 aromatic heterocycles. The lowest BCUT2D eigenvalue weighted by Crippen LogP contribution is -2.05. The van der Waals surface area contributed by atoms with Crippen molar-refractivity contribution in [2.24, 2.45) is 0 Å². The lowest BCUT2D eigenvalue weighted by atomic mass is 10.2. The van der Waals surface area contributed by atoms with Crippen LogP contribution in [0.25, 0.3) is 32.0 Å². The second kappa shape index (κ2) is 10.1. The maximum absolute atomic E-state index is 5.89. The molecule has 0 unspecified atom stereocenters.